The fraction of sp³-hybridized carbons (Fsp3) is 0.381. The minimum absolute atomic E-state index is 0.238. The summed E-state index contributed by atoms with van der Waals surface area (Å²) in [6.45, 7) is 1.52. The molecule has 0 saturated carbocycles. The Morgan fingerprint density at radius 2 is 1.70 bits per heavy atom. The van der Waals surface area contributed by atoms with Crippen LogP contribution in [0, 0.1) is 0 Å². The molecule has 6 heteroatoms. The summed E-state index contributed by atoms with van der Waals surface area (Å²) in [7, 11) is 7.66. The number of benzene rings is 2. The summed E-state index contributed by atoms with van der Waals surface area (Å²) in [5.41, 5.74) is 2.42. The van der Waals surface area contributed by atoms with Crippen molar-refractivity contribution in [2.45, 2.75) is 12.5 Å². The first-order chi connectivity index (χ1) is 13.0. The second kappa shape index (κ2) is 10.7. The third kappa shape index (κ3) is 6.41. The topological polar surface area (TPSA) is 47.0 Å². The Kier molecular flexibility index (Phi) is 8.36. The van der Waals surface area contributed by atoms with E-state index in [-0.39, 0.29) is 6.04 Å². The van der Waals surface area contributed by atoms with E-state index in [2.05, 4.69) is 42.9 Å². The van der Waals surface area contributed by atoms with Crippen molar-refractivity contribution >= 4 is 17.3 Å². The van der Waals surface area contributed by atoms with Crippen LogP contribution in [0.5, 0.6) is 11.5 Å². The molecule has 0 aromatic heterocycles. The van der Waals surface area contributed by atoms with Gasteiger partial charge >= 0.3 is 0 Å². The van der Waals surface area contributed by atoms with Crippen LogP contribution in [0.4, 0.5) is 0 Å². The van der Waals surface area contributed by atoms with E-state index in [9.17, 15) is 0 Å². The van der Waals surface area contributed by atoms with Gasteiger partial charge in [0.15, 0.2) is 5.11 Å². The van der Waals surface area contributed by atoms with Crippen LogP contribution in [-0.4, -0.2) is 46.5 Å². The molecule has 0 aliphatic rings. The molecule has 0 unspecified atom stereocenters. The molecule has 0 radical (unpaired) electrons. The van der Waals surface area contributed by atoms with Crippen LogP contribution in [0.1, 0.15) is 17.2 Å². The average Bonchev–Trinajstić information content (AvgIpc) is 2.68. The largest absolute Gasteiger partial charge is 0.497 e. The molecule has 0 aliphatic carbocycles. The number of hydrogen-bond acceptors (Lipinski definition) is 3. The Morgan fingerprint density at radius 3 is 2.33 bits per heavy atom. The summed E-state index contributed by atoms with van der Waals surface area (Å²) >= 11 is 5.44. The van der Waals surface area contributed by atoms with E-state index >= 15 is 0 Å². The molecule has 5 nitrogen and oxygen atoms in total. The molecule has 2 rings (SSSR count). The minimum Gasteiger partial charge on any atom is -0.497 e. The van der Waals surface area contributed by atoms with Crippen LogP contribution >= 0.6 is 12.2 Å². The van der Waals surface area contributed by atoms with Crippen LogP contribution < -0.4 is 25.0 Å². The number of nitrogens with one attached hydrogen (secondary N) is 3. The summed E-state index contributed by atoms with van der Waals surface area (Å²) in [6, 6.07) is 16.5. The predicted molar refractivity (Wildman–Crippen MR) is 114 cm³/mol. The smallest absolute Gasteiger partial charge is 0.166 e. The lowest BCUT2D eigenvalue weighted by Crippen LogP contribution is -3.07. The molecule has 2 aromatic carbocycles. The first kappa shape index (κ1) is 21.0. The maximum Gasteiger partial charge on any atom is 0.166 e. The van der Waals surface area contributed by atoms with Crippen molar-refractivity contribution in [2.24, 2.45) is 0 Å². The lowest BCUT2D eigenvalue weighted by Gasteiger charge is -2.24. The molecule has 0 fully saturated rings. The molecule has 2 aromatic rings. The fourth-order valence-electron chi connectivity index (χ4n) is 2.95. The zero-order valence-corrected chi connectivity index (χ0v) is 17.4. The Bertz CT molecular complexity index is 720. The zero-order valence-electron chi connectivity index (χ0n) is 16.5. The second-order valence-electron chi connectivity index (χ2n) is 6.61. The van der Waals surface area contributed by atoms with Gasteiger partial charge < -0.3 is 25.0 Å². The lowest BCUT2D eigenvalue weighted by molar-refractivity contribution is -0.890. The quantitative estimate of drug-likeness (QED) is 0.570. The third-order valence-corrected chi connectivity index (χ3v) is 4.82. The van der Waals surface area contributed by atoms with Gasteiger partial charge in [0.05, 0.1) is 40.4 Å². The lowest BCUT2D eigenvalue weighted by atomic mass is 10.0. The SMILES string of the molecule is COc1ccc(CCNC(=S)NC[C@@H](c2ccccc2OC)[NH+](C)C)cc1. The molecular formula is C21H30N3O2S+. The van der Waals surface area contributed by atoms with Gasteiger partial charge in [-0.15, -0.1) is 0 Å². The Labute approximate surface area is 167 Å². The van der Waals surface area contributed by atoms with Gasteiger partial charge in [-0.1, -0.05) is 24.3 Å². The first-order valence-corrected chi connectivity index (χ1v) is 9.53. The second-order valence-corrected chi connectivity index (χ2v) is 7.02. The number of methoxy groups -OCH3 is 2. The molecule has 0 heterocycles. The van der Waals surface area contributed by atoms with Crippen molar-refractivity contribution < 1.29 is 14.4 Å². The van der Waals surface area contributed by atoms with Gasteiger partial charge in [0.25, 0.3) is 0 Å². The van der Waals surface area contributed by atoms with Crippen LogP contribution in [0.25, 0.3) is 0 Å². The van der Waals surface area contributed by atoms with E-state index in [0.717, 1.165) is 31.0 Å². The van der Waals surface area contributed by atoms with Crippen LogP contribution in [-0.2, 0) is 6.42 Å². The normalized spacial score (nSPS) is 11.7. The highest BCUT2D eigenvalue weighted by molar-refractivity contribution is 7.80. The van der Waals surface area contributed by atoms with Crippen LogP contribution in [0.3, 0.4) is 0 Å². The Balaban J connectivity index is 1.83. The van der Waals surface area contributed by atoms with Crippen molar-refractivity contribution in [1.29, 1.82) is 0 Å². The summed E-state index contributed by atoms with van der Waals surface area (Å²) < 4.78 is 10.7. The van der Waals surface area contributed by atoms with Crippen LogP contribution in [0.2, 0.25) is 0 Å². The van der Waals surface area contributed by atoms with E-state index in [1.54, 1.807) is 14.2 Å². The van der Waals surface area contributed by atoms with Crippen molar-refractivity contribution in [1.82, 2.24) is 10.6 Å². The van der Waals surface area contributed by atoms with E-state index in [1.165, 1.54) is 16.0 Å². The van der Waals surface area contributed by atoms with E-state index in [4.69, 9.17) is 21.7 Å². The summed E-state index contributed by atoms with van der Waals surface area (Å²) in [6.07, 6.45) is 0.903. The highest BCUT2D eigenvalue weighted by Gasteiger charge is 2.21. The van der Waals surface area contributed by atoms with Crippen LogP contribution in [0.15, 0.2) is 48.5 Å². The molecule has 0 aliphatic heterocycles. The molecule has 27 heavy (non-hydrogen) atoms. The molecule has 1 atom stereocenters. The molecule has 0 amide bonds. The molecule has 0 saturated heterocycles. The Hall–Kier alpha value is -2.31. The van der Waals surface area contributed by atoms with Gasteiger partial charge in [-0.3, -0.25) is 0 Å². The number of thiocarbonyl (C=S) groups is 1. The monoisotopic (exact) mass is 388 g/mol. The zero-order chi connectivity index (χ0) is 19.6. The van der Waals surface area contributed by atoms with E-state index in [1.807, 2.05) is 30.3 Å². The number of para-hydroxylation sites is 1. The van der Waals surface area contributed by atoms with Crippen molar-refractivity contribution in [2.75, 3.05) is 41.4 Å². The third-order valence-electron chi connectivity index (χ3n) is 4.54. The van der Waals surface area contributed by atoms with E-state index < -0.39 is 0 Å². The number of quaternary nitrogens is 1. The first-order valence-electron chi connectivity index (χ1n) is 9.12. The summed E-state index contributed by atoms with van der Waals surface area (Å²) in [5.74, 6) is 1.78. The van der Waals surface area contributed by atoms with Gasteiger partial charge in [0, 0.05) is 6.54 Å². The standard InChI is InChI=1S/C21H29N3O2S/c1-24(2)19(18-7-5-6-8-20(18)26-4)15-23-21(27)22-14-13-16-9-11-17(25-3)12-10-16/h5-12,19H,13-15H2,1-4H3,(H2,22,23,27)/p+1/t19-/m0/s1. The van der Waals surface area contributed by atoms with Gasteiger partial charge in [-0.2, -0.15) is 0 Å². The number of hydrogen-bond donors (Lipinski definition) is 3. The summed E-state index contributed by atoms with van der Waals surface area (Å²) in [4.78, 5) is 1.31. The maximum atomic E-state index is 5.52. The van der Waals surface area contributed by atoms with Gasteiger partial charge in [0.1, 0.15) is 17.5 Å². The van der Waals surface area contributed by atoms with Gasteiger partial charge in [-0.05, 0) is 48.5 Å². The number of rotatable bonds is 9. The highest BCUT2D eigenvalue weighted by Crippen LogP contribution is 2.22. The van der Waals surface area contributed by atoms with Crippen molar-refractivity contribution in [3.8, 4) is 11.5 Å². The molecule has 0 bridgehead atoms. The maximum absolute atomic E-state index is 5.52. The van der Waals surface area contributed by atoms with Crippen molar-refractivity contribution in [3.05, 3.63) is 59.7 Å². The molecular weight excluding hydrogens is 358 g/mol. The van der Waals surface area contributed by atoms with Gasteiger partial charge in [0.2, 0.25) is 0 Å². The predicted octanol–water partition coefficient (Wildman–Crippen LogP) is 1.60. The molecule has 0 spiro atoms. The van der Waals surface area contributed by atoms with Gasteiger partial charge in [-0.25, -0.2) is 0 Å². The van der Waals surface area contributed by atoms with E-state index in [0.29, 0.717) is 5.11 Å². The van der Waals surface area contributed by atoms with Crippen molar-refractivity contribution in [3.63, 3.8) is 0 Å². The number of likely N-dealkylation sites (N-methyl/N-ethyl adjacent to an activating group) is 1. The fourth-order valence-corrected chi connectivity index (χ4v) is 3.13. The Morgan fingerprint density at radius 1 is 1.00 bits per heavy atom. The minimum atomic E-state index is 0.238. The summed E-state index contributed by atoms with van der Waals surface area (Å²) in [5, 5.41) is 7.30. The average molecular weight is 389 g/mol. The molecule has 3 N–H and O–H groups in total. The molecule has 146 valence electrons. The highest BCUT2D eigenvalue weighted by atomic mass is 32.1. The number of ether oxygens (including phenoxy) is 2.